The van der Waals surface area contributed by atoms with E-state index in [9.17, 15) is 31.1 Å². The molecule has 2 aliphatic rings. The summed E-state index contributed by atoms with van der Waals surface area (Å²) in [6.07, 6.45) is -7.26. The lowest BCUT2D eigenvalue weighted by molar-refractivity contribution is -0.163. The Hall–Kier alpha value is -2.31. The maximum Gasteiger partial charge on any atom is 0.418 e. The summed E-state index contributed by atoms with van der Waals surface area (Å²) in [5.74, 6) is 1.76. The van der Waals surface area contributed by atoms with Gasteiger partial charge < -0.3 is 14.4 Å². The van der Waals surface area contributed by atoms with E-state index in [0.717, 1.165) is 48.6 Å². The van der Waals surface area contributed by atoms with Crippen molar-refractivity contribution in [3.63, 3.8) is 0 Å². The van der Waals surface area contributed by atoms with Gasteiger partial charge in [-0.2, -0.15) is 38.1 Å². The molecular weight excluding hydrogens is 552 g/mol. The maximum atomic E-state index is 14.1. The van der Waals surface area contributed by atoms with E-state index < -0.39 is 39.8 Å². The molecule has 2 aliphatic heterocycles. The van der Waals surface area contributed by atoms with Gasteiger partial charge in [0.15, 0.2) is 0 Å². The molecule has 0 saturated carbocycles. The molecule has 2 fully saturated rings. The smallest absolute Gasteiger partial charge is 0.418 e. The molecule has 1 amide bonds. The van der Waals surface area contributed by atoms with Gasteiger partial charge in [0, 0.05) is 29.0 Å². The molecule has 0 bridgehead atoms. The maximum absolute atomic E-state index is 14.1. The van der Waals surface area contributed by atoms with Crippen molar-refractivity contribution in [2.45, 2.75) is 41.1 Å². The molecule has 12 heteroatoms. The van der Waals surface area contributed by atoms with Crippen LogP contribution in [0.25, 0.3) is 6.08 Å². The molecule has 0 unspecified atom stereocenters. The van der Waals surface area contributed by atoms with E-state index in [-0.39, 0.29) is 32.4 Å². The van der Waals surface area contributed by atoms with Crippen molar-refractivity contribution < 1.29 is 40.6 Å². The van der Waals surface area contributed by atoms with Gasteiger partial charge in [-0.1, -0.05) is 23.9 Å². The van der Waals surface area contributed by atoms with E-state index in [1.807, 2.05) is 11.8 Å². The van der Waals surface area contributed by atoms with Gasteiger partial charge in [0.2, 0.25) is 5.91 Å². The molecule has 2 aromatic carbocycles. The van der Waals surface area contributed by atoms with Crippen LogP contribution in [0.3, 0.4) is 0 Å². The third-order valence-corrected chi connectivity index (χ3v) is 8.10. The predicted octanol–water partition coefficient (Wildman–Crippen LogP) is 7.02. The number of hydrogen-bond acceptors (Lipinski definition) is 5. The Morgan fingerprint density at radius 1 is 1.00 bits per heavy atom. The molecule has 2 saturated heterocycles. The Kier molecular flexibility index (Phi) is 9.25. The first-order chi connectivity index (χ1) is 18.0. The Balaban J connectivity index is 1.66. The van der Waals surface area contributed by atoms with Crippen molar-refractivity contribution >= 4 is 35.5 Å². The lowest BCUT2D eigenvalue weighted by atomic mass is 9.99. The molecule has 4 nitrogen and oxygen atoms in total. The number of morpholine rings is 1. The second-order valence-electron chi connectivity index (χ2n) is 8.68. The molecule has 0 atom stereocenters. The molecule has 0 N–H and O–H groups in total. The van der Waals surface area contributed by atoms with Crippen LogP contribution in [-0.4, -0.2) is 54.7 Å². The summed E-state index contributed by atoms with van der Waals surface area (Å²) in [5, 5.41) is 0. The molecular formula is C26H25F6NO3S2. The highest BCUT2D eigenvalue weighted by Gasteiger charge is 2.46. The van der Waals surface area contributed by atoms with E-state index in [1.165, 1.54) is 17.0 Å². The average molecular weight is 578 g/mol. The number of hydrogen-bond donors (Lipinski definition) is 0. The van der Waals surface area contributed by atoms with Crippen molar-refractivity contribution in [1.29, 1.82) is 0 Å². The molecule has 0 spiro atoms. The highest BCUT2D eigenvalue weighted by molar-refractivity contribution is 7.99. The van der Waals surface area contributed by atoms with E-state index in [0.29, 0.717) is 22.4 Å². The van der Waals surface area contributed by atoms with Gasteiger partial charge >= 0.3 is 12.4 Å². The first-order valence-corrected chi connectivity index (χ1v) is 13.9. The van der Waals surface area contributed by atoms with Crippen molar-refractivity contribution in [2.24, 2.45) is 0 Å². The molecule has 0 aromatic heterocycles. The molecule has 38 heavy (non-hydrogen) atoms. The Morgan fingerprint density at radius 3 is 2.34 bits per heavy atom. The second-order valence-corrected chi connectivity index (χ2v) is 11.0. The number of amides is 1. The molecule has 4 rings (SSSR count). The molecule has 0 radical (unpaired) electrons. The predicted molar refractivity (Wildman–Crippen MR) is 134 cm³/mol. The van der Waals surface area contributed by atoms with Crippen LogP contribution in [0.2, 0.25) is 0 Å². The van der Waals surface area contributed by atoms with Gasteiger partial charge in [0.25, 0.3) is 0 Å². The van der Waals surface area contributed by atoms with Crippen LogP contribution in [0.4, 0.5) is 26.3 Å². The van der Waals surface area contributed by atoms with Gasteiger partial charge in [-0.15, -0.1) is 0 Å². The fraction of sp³-hybridized carbons (Fsp3) is 0.423. The SMILES string of the molecule is O=C(/C=C/c1ccc(Sc2cccc(OC3CCSCC3)c2)c(C(F)(F)F)c1C(F)(F)F)N1CCOCC1. The number of nitrogens with zero attached hydrogens (tertiary/aromatic N) is 1. The minimum absolute atomic E-state index is 0.00897. The molecule has 0 aliphatic carbocycles. The number of halogens is 6. The Bertz CT molecular complexity index is 1160. The van der Waals surface area contributed by atoms with Crippen molar-refractivity contribution in [2.75, 3.05) is 37.8 Å². The molecule has 2 aromatic rings. The monoisotopic (exact) mass is 577 g/mol. The number of benzene rings is 2. The number of rotatable bonds is 6. The first kappa shape index (κ1) is 28.7. The number of ether oxygens (including phenoxy) is 2. The van der Waals surface area contributed by atoms with Crippen LogP contribution in [0.15, 0.2) is 52.3 Å². The lowest BCUT2D eigenvalue weighted by Gasteiger charge is -2.25. The summed E-state index contributed by atoms with van der Waals surface area (Å²) in [6.45, 7) is 1.06. The summed E-state index contributed by atoms with van der Waals surface area (Å²) in [4.78, 5) is 13.5. The van der Waals surface area contributed by atoms with Crippen LogP contribution in [0.1, 0.15) is 29.5 Å². The standard InChI is InChI=1S/C26H25F6NO3S2/c27-25(28,29)23-17(5-7-22(34)33-10-12-35-13-11-33)4-6-21(24(23)26(30,31)32)38-20-3-1-2-19(16-20)36-18-8-14-37-15-9-18/h1-7,16,18H,8-15H2/b7-5+. The quantitative estimate of drug-likeness (QED) is 0.273. The van der Waals surface area contributed by atoms with Crippen LogP contribution >= 0.6 is 23.5 Å². The Labute approximate surface area is 224 Å². The van der Waals surface area contributed by atoms with Gasteiger partial charge in [0.05, 0.1) is 24.3 Å². The van der Waals surface area contributed by atoms with Gasteiger partial charge in [-0.3, -0.25) is 4.79 Å². The summed E-state index contributed by atoms with van der Waals surface area (Å²) in [7, 11) is 0. The zero-order valence-electron chi connectivity index (χ0n) is 20.1. The second kappa shape index (κ2) is 12.3. The number of carbonyl (C=O) groups is 1. The van der Waals surface area contributed by atoms with E-state index in [2.05, 4.69) is 0 Å². The number of thioether (sulfide) groups is 1. The largest absolute Gasteiger partial charge is 0.490 e. The first-order valence-electron chi connectivity index (χ1n) is 11.9. The van der Waals surface area contributed by atoms with E-state index >= 15 is 0 Å². The number of carbonyl (C=O) groups excluding carboxylic acids is 1. The Morgan fingerprint density at radius 2 is 1.68 bits per heavy atom. The zero-order valence-corrected chi connectivity index (χ0v) is 21.7. The highest BCUT2D eigenvalue weighted by atomic mass is 32.2. The van der Waals surface area contributed by atoms with Crippen molar-refractivity contribution in [3.05, 3.63) is 59.2 Å². The summed E-state index contributed by atoms with van der Waals surface area (Å²) < 4.78 is 95.8. The van der Waals surface area contributed by atoms with E-state index in [4.69, 9.17) is 9.47 Å². The lowest BCUT2D eigenvalue weighted by Crippen LogP contribution is -2.39. The summed E-state index contributed by atoms with van der Waals surface area (Å²) in [6, 6.07) is 8.31. The van der Waals surface area contributed by atoms with Gasteiger partial charge in [-0.05, 0) is 60.3 Å². The third kappa shape index (κ3) is 7.41. The molecule has 2 heterocycles. The topological polar surface area (TPSA) is 38.8 Å². The van der Waals surface area contributed by atoms with E-state index in [1.54, 1.807) is 12.1 Å². The minimum Gasteiger partial charge on any atom is -0.490 e. The zero-order chi connectivity index (χ0) is 27.3. The van der Waals surface area contributed by atoms with Gasteiger partial charge in [-0.25, -0.2) is 0 Å². The fourth-order valence-corrected chi connectivity index (χ4v) is 6.28. The number of alkyl halides is 6. The van der Waals surface area contributed by atoms with Crippen LogP contribution in [-0.2, 0) is 21.9 Å². The summed E-state index contributed by atoms with van der Waals surface area (Å²) in [5.41, 5.74) is -4.34. The van der Waals surface area contributed by atoms with Crippen LogP contribution < -0.4 is 4.74 Å². The van der Waals surface area contributed by atoms with Gasteiger partial charge in [0.1, 0.15) is 11.9 Å². The summed E-state index contributed by atoms with van der Waals surface area (Å²) >= 11 is 2.41. The van der Waals surface area contributed by atoms with Crippen LogP contribution in [0, 0.1) is 0 Å². The van der Waals surface area contributed by atoms with Crippen LogP contribution in [0.5, 0.6) is 5.75 Å². The van der Waals surface area contributed by atoms with Crippen molar-refractivity contribution in [1.82, 2.24) is 4.90 Å². The van der Waals surface area contributed by atoms with Crippen molar-refractivity contribution in [3.8, 4) is 5.75 Å². The molecule has 206 valence electrons. The third-order valence-electron chi connectivity index (χ3n) is 6.00. The highest BCUT2D eigenvalue weighted by Crippen LogP contribution is 2.48. The fourth-order valence-electron chi connectivity index (χ4n) is 4.18. The normalized spacial score (nSPS) is 17.7. The minimum atomic E-state index is -5.31. The average Bonchev–Trinajstić information content (AvgIpc) is 2.87.